The zero-order valence-corrected chi connectivity index (χ0v) is 16.5. The molecule has 1 N–H and O–H groups in total. The van der Waals surface area contributed by atoms with E-state index in [9.17, 15) is 4.79 Å². The van der Waals surface area contributed by atoms with Crippen molar-refractivity contribution in [3.8, 4) is 5.69 Å². The van der Waals surface area contributed by atoms with Crippen molar-refractivity contribution < 1.29 is 4.79 Å². The van der Waals surface area contributed by atoms with E-state index in [0.29, 0.717) is 5.69 Å². The summed E-state index contributed by atoms with van der Waals surface area (Å²) in [7, 11) is 0. The first-order valence-corrected chi connectivity index (χ1v) is 9.12. The zero-order chi connectivity index (χ0) is 19.6. The van der Waals surface area contributed by atoms with Gasteiger partial charge in [0, 0.05) is 0 Å². The Balaban J connectivity index is 1.90. The van der Waals surface area contributed by atoms with Crippen LogP contribution in [0.15, 0.2) is 54.6 Å². The van der Waals surface area contributed by atoms with Crippen molar-refractivity contribution in [2.75, 3.05) is 0 Å². The predicted molar refractivity (Wildman–Crippen MR) is 107 cm³/mol. The Labute approximate surface area is 160 Å². The van der Waals surface area contributed by atoms with E-state index >= 15 is 0 Å². The van der Waals surface area contributed by atoms with Crippen LogP contribution in [-0.4, -0.2) is 20.9 Å². The highest BCUT2D eigenvalue weighted by Crippen LogP contribution is 2.33. The van der Waals surface area contributed by atoms with Gasteiger partial charge in [0.25, 0.3) is 5.91 Å². The summed E-state index contributed by atoms with van der Waals surface area (Å²) in [4.78, 5) is 13.0. The van der Waals surface area contributed by atoms with E-state index in [1.165, 1.54) is 0 Å². The van der Waals surface area contributed by atoms with Crippen LogP contribution in [0.4, 0.5) is 0 Å². The number of nitrogens with zero attached hydrogens (tertiary/aromatic N) is 3. The highest BCUT2D eigenvalue weighted by molar-refractivity contribution is 5.93. The monoisotopic (exact) mass is 362 g/mol. The fourth-order valence-corrected chi connectivity index (χ4v) is 3.19. The van der Waals surface area contributed by atoms with Crippen LogP contribution in [0.25, 0.3) is 5.69 Å². The van der Waals surface area contributed by atoms with Gasteiger partial charge >= 0.3 is 0 Å². The van der Waals surface area contributed by atoms with Crippen LogP contribution < -0.4 is 5.32 Å². The number of rotatable bonds is 4. The average molecular weight is 362 g/mol. The van der Waals surface area contributed by atoms with Gasteiger partial charge in [-0.3, -0.25) is 4.79 Å². The van der Waals surface area contributed by atoms with E-state index in [1.807, 2.05) is 68.4 Å². The molecule has 0 saturated heterocycles. The molecule has 1 heterocycles. The van der Waals surface area contributed by atoms with Crippen LogP contribution in [0.5, 0.6) is 0 Å². The maximum atomic E-state index is 13.0. The topological polar surface area (TPSA) is 59.8 Å². The molecule has 1 unspecified atom stereocenters. The summed E-state index contributed by atoms with van der Waals surface area (Å²) in [6.45, 7) is 10.2. The number of aryl methyl sites for hydroxylation is 1. The second-order valence-corrected chi connectivity index (χ2v) is 7.96. The Bertz CT molecular complexity index is 938. The fourth-order valence-electron chi connectivity index (χ4n) is 3.19. The number of nitrogens with one attached hydrogen (secondary N) is 1. The second-order valence-electron chi connectivity index (χ2n) is 7.96. The van der Waals surface area contributed by atoms with Crippen molar-refractivity contribution in [2.24, 2.45) is 5.41 Å². The van der Waals surface area contributed by atoms with Crippen molar-refractivity contribution in [2.45, 2.75) is 40.7 Å². The Morgan fingerprint density at radius 1 is 1.04 bits per heavy atom. The van der Waals surface area contributed by atoms with Crippen LogP contribution in [-0.2, 0) is 0 Å². The standard InChI is InChI=1S/C22H26N4O/c1-15-10-9-13-18(14-15)26-16(2)19(24-25-26)21(27)23-20(22(3,4)5)17-11-7-6-8-12-17/h6-14,20H,1-5H3,(H,23,27). The lowest BCUT2D eigenvalue weighted by Gasteiger charge is -2.31. The number of carbonyl (C=O) groups excluding carboxylic acids is 1. The Morgan fingerprint density at radius 2 is 1.74 bits per heavy atom. The summed E-state index contributed by atoms with van der Waals surface area (Å²) in [5.74, 6) is -0.213. The smallest absolute Gasteiger partial charge is 0.274 e. The van der Waals surface area contributed by atoms with Crippen molar-refractivity contribution in [1.29, 1.82) is 0 Å². The maximum absolute atomic E-state index is 13.0. The maximum Gasteiger partial charge on any atom is 0.274 e. The highest BCUT2D eigenvalue weighted by Gasteiger charge is 2.29. The first kappa shape index (κ1) is 18.8. The van der Waals surface area contributed by atoms with Gasteiger partial charge in [0.05, 0.1) is 17.4 Å². The minimum Gasteiger partial charge on any atom is -0.343 e. The number of aromatic nitrogens is 3. The summed E-state index contributed by atoms with van der Waals surface area (Å²) >= 11 is 0. The largest absolute Gasteiger partial charge is 0.343 e. The first-order chi connectivity index (χ1) is 12.8. The van der Waals surface area contributed by atoms with Gasteiger partial charge in [-0.1, -0.05) is 68.4 Å². The molecular formula is C22H26N4O. The summed E-state index contributed by atoms with van der Waals surface area (Å²) in [6, 6.07) is 17.9. The summed E-state index contributed by atoms with van der Waals surface area (Å²) < 4.78 is 1.70. The molecular weight excluding hydrogens is 336 g/mol. The van der Waals surface area contributed by atoms with Crippen molar-refractivity contribution in [3.63, 3.8) is 0 Å². The van der Waals surface area contributed by atoms with Gasteiger partial charge in [-0.15, -0.1) is 5.10 Å². The molecule has 1 amide bonds. The van der Waals surface area contributed by atoms with Gasteiger partial charge < -0.3 is 5.32 Å². The highest BCUT2D eigenvalue weighted by atomic mass is 16.2. The van der Waals surface area contributed by atoms with Gasteiger partial charge in [0.1, 0.15) is 0 Å². The van der Waals surface area contributed by atoms with Gasteiger partial charge in [-0.25, -0.2) is 4.68 Å². The molecule has 3 rings (SSSR count). The minimum atomic E-state index is -0.213. The lowest BCUT2D eigenvalue weighted by Crippen LogP contribution is -2.37. The Morgan fingerprint density at radius 3 is 2.37 bits per heavy atom. The van der Waals surface area contributed by atoms with E-state index in [2.05, 4.69) is 36.4 Å². The van der Waals surface area contributed by atoms with E-state index in [-0.39, 0.29) is 17.4 Å². The first-order valence-electron chi connectivity index (χ1n) is 9.12. The van der Waals surface area contributed by atoms with Crippen LogP contribution in [0, 0.1) is 19.3 Å². The molecule has 0 radical (unpaired) electrons. The molecule has 0 aliphatic rings. The number of benzene rings is 2. The molecule has 0 saturated carbocycles. The number of amides is 1. The van der Waals surface area contributed by atoms with Crippen molar-refractivity contribution >= 4 is 5.91 Å². The second kappa shape index (κ2) is 7.35. The molecule has 1 aromatic heterocycles. The SMILES string of the molecule is Cc1cccc(-n2nnc(C(=O)NC(c3ccccc3)C(C)(C)C)c2C)c1. The Hall–Kier alpha value is -2.95. The van der Waals surface area contributed by atoms with Crippen molar-refractivity contribution in [1.82, 2.24) is 20.3 Å². The molecule has 2 aromatic carbocycles. The average Bonchev–Trinajstić information content (AvgIpc) is 3.01. The van der Waals surface area contributed by atoms with E-state index in [1.54, 1.807) is 4.68 Å². The lowest BCUT2D eigenvalue weighted by atomic mass is 9.82. The van der Waals surface area contributed by atoms with E-state index in [0.717, 1.165) is 22.5 Å². The lowest BCUT2D eigenvalue weighted by molar-refractivity contribution is 0.0896. The summed E-state index contributed by atoms with van der Waals surface area (Å²) in [6.07, 6.45) is 0. The molecule has 0 aliphatic heterocycles. The molecule has 3 aromatic rings. The Kier molecular flexibility index (Phi) is 5.13. The normalized spacial score (nSPS) is 12.6. The molecule has 0 bridgehead atoms. The van der Waals surface area contributed by atoms with E-state index in [4.69, 9.17) is 0 Å². The zero-order valence-electron chi connectivity index (χ0n) is 16.5. The fraction of sp³-hybridized carbons (Fsp3) is 0.318. The minimum absolute atomic E-state index is 0.130. The number of hydrogen-bond acceptors (Lipinski definition) is 3. The molecule has 0 spiro atoms. The van der Waals surface area contributed by atoms with Gasteiger partial charge in [-0.2, -0.15) is 0 Å². The molecule has 5 heteroatoms. The molecule has 0 aliphatic carbocycles. The number of carbonyl (C=O) groups is 1. The molecule has 5 nitrogen and oxygen atoms in total. The van der Waals surface area contributed by atoms with Crippen LogP contribution in [0.1, 0.15) is 54.1 Å². The third-order valence-corrected chi connectivity index (χ3v) is 4.63. The molecule has 27 heavy (non-hydrogen) atoms. The third-order valence-electron chi connectivity index (χ3n) is 4.63. The third kappa shape index (κ3) is 4.08. The summed E-state index contributed by atoms with van der Waals surface area (Å²) in [5.41, 5.74) is 4.03. The summed E-state index contributed by atoms with van der Waals surface area (Å²) in [5, 5.41) is 11.5. The van der Waals surface area contributed by atoms with Gasteiger partial charge in [0.15, 0.2) is 5.69 Å². The van der Waals surface area contributed by atoms with E-state index < -0.39 is 0 Å². The molecule has 140 valence electrons. The molecule has 0 fully saturated rings. The van der Waals surface area contributed by atoms with Crippen LogP contribution in [0.2, 0.25) is 0 Å². The van der Waals surface area contributed by atoms with Crippen LogP contribution in [0.3, 0.4) is 0 Å². The van der Waals surface area contributed by atoms with Gasteiger partial charge in [0.2, 0.25) is 0 Å². The van der Waals surface area contributed by atoms with Crippen molar-refractivity contribution in [3.05, 3.63) is 77.1 Å². The van der Waals surface area contributed by atoms with Gasteiger partial charge in [-0.05, 0) is 42.5 Å². The molecule has 1 atom stereocenters. The quantitative estimate of drug-likeness (QED) is 0.748. The predicted octanol–water partition coefficient (Wildman–Crippen LogP) is 4.40. The van der Waals surface area contributed by atoms with Crippen LogP contribution >= 0.6 is 0 Å². The number of hydrogen-bond donors (Lipinski definition) is 1.